The third-order valence-electron chi connectivity index (χ3n) is 1.44. The molecule has 11 heavy (non-hydrogen) atoms. The lowest BCUT2D eigenvalue weighted by molar-refractivity contribution is -0.115. The minimum Gasteiger partial charge on any atom is -0.293 e. The van der Waals surface area contributed by atoms with Gasteiger partial charge in [-0.3, -0.25) is 4.79 Å². The van der Waals surface area contributed by atoms with E-state index in [4.69, 9.17) is 11.6 Å². The first-order chi connectivity index (χ1) is 5.34. The molecule has 1 rings (SSSR count). The number of halogens is 1. The molecule has 0 aromatic rings. The van der Waals surface area contributed by atoms with Crippen molar-refractivity contribution >= 4 is 17.4 Å². The summed E-state index contributed by atoms with van der Waals surface area (Å²) in [6.45, 7) is 0. The molecule has 0 unspecified atom stereocenters. The summed E-state index contributed by atoms with van der Waals surface area (Å²) >= 11 is 5.44. The van der Waals surface area contributed by atoms with E-state index in [1.807, 2.05) is 6.08 Å². The molecular formula is C9H9ClO. The number of rotatable bonds is 4. The number of carbonyl (C=O) groups is 1. The highest BCUT2D eigenvalue weighted by Gasteiger charge is 2.05. The van der Waals surface area contributed by atoms with Gasteiger partial charge >= 0.3 is 0 Å². The lowest BCUT2D eigenvalue weighted by atomic mass is 10.1. The normalized spacial score (nSPS) is 13.7. The predicted octanol–water partition coefficient (Wildman–Crippen LogP) is 2.23. The van der Waals surface area contributed by atoms with Crippen LogP contribution in [0.2, 0.25) is 0 Å². The number of ketones is 1. The summed E-state index contributed by atoms with van der Waals surface area (Å²) in [5, 5.41) is 0. The van der Waals surface area contributed by atoms with Gasteiger partial charge in [0.1, 0.15) is 0 Å². The largest absolute Gasteiger partial charge is 0.293 e. The minimum atomic E-state index is 0.135. The average molecular weight is 169 g/mol. The van der Waals surface area contributed by atoms with Crippen LogP contribution in [0.5, 0.6) is 0 Å². The Bertz CT molecular complexity index is 244. The summed E-state index contributed by atoms with van der Waals surface area (Å²) in [5.74, 6) is 0.683. The van der Waals surface area contributed by atoms with Gasteiger partial charge < -0.3 is 0 Å². The van der Waals surface area contributed by atoms with Gasteiger partial charge in [-0.15, -0.1) is 17.3 Å². The Kier molecular flexibility index (Phi) is 3.15. The maximum Gasteiger partial charge on any atom is 0.170 e. The molecule has 0 bridgehead atoms. The molecule has 0 radical (unpaired) electrons. The van der Waals surface area contributed by atoms with Crippen molar-refractivity contribution in [2.45, 2.75) is 12.8 Å². The Hall–Kier alpha value is -0.780. The van der Waals surface area contributed by atoms with Gasteiger partial charge in [-0.1, -0.05) is 6.08 Å². The van der Waals surface area contributed by atoms with Crippen molar-refractivity contribution in [3.05, 3.63) is 29.5 Å². The van der Waals surface area contributed by atoms with Crippen LogP contribution < -0.4 is 0 Å². The lowest BCUT2D eigenvalue weighted by Crippen LogP contribution is -1.98. The first kappa shape index (κ1) is 8.32. The zero-order chi connectivity index (χ0) is 8.10. The predicted molar refractivity (Wildman–Crippen MR) is 45.7 cm³/mol. The zero-order valence-corrected chi connectivity index (χ0v) is 6.90. The smallest absolute Gasteiger partial charge is 0.170 e. The summed E-state index contributed by atoms with van der Waals surface area (Å²) < 4.78 is 0. The number of hydrogen-bond acceptors (Lipinski definition) is 1. The zero-order valence-electron chi connectivity index (χ0n) is 6.14. The van der Waals surface area contributed by atoms with E-state index in [0.29, 0.717) is 17.9 Å². The van der Waals surface area contributed by atoms with E-state index in [-0.39, 0.29) is 5.78 Å². The molecule has 2 heteroatoms. The first-order valence-corrected chi connectivity index (χ1v) is 4.10. The molecule has 0 fully saturated rings. The standard InChI is InChI=1S/C9H9ClO/c10-7-3-6-9(11)8-4-1-2-5-8/h1-2,4H,3,6-7H2. The fourth-order valence-electron chi connectivity index (χ4n) is 0.866. The summed E-state index contributed by atoms with van der Waals surface area (Å²) in [4.78, 5) is 11.2. The topological polar surface area (TPSA) is 17.1 Å². The Morgan fingerprint density at radius 3 is 3.00 bits per heavy atom. The van der Waals surface area contributed by atoms with Crippen molar-refractivity contribution in [1.82, 2.24) is 0 Å². The highest BCUT2D eigenvalue weighted by Crippen LogP contribution is 2.07. The molecule has 0 spiro atoms. The Balaban J connectivity index is 2.43. The molecule has 1 aliphatic carbocycles. The second kappa shape index (κ2) is 4.17. The first-order valence-electron chi connectivity index (χ1n) is 3.57. The lowest BCUT2D eigenvalue weighted by Gasteiger charge is -1.94. The van der Waals surface area contributed by atoms with Crippen LogP contribution in [0, 0.1) is 0 Å². The molecule has 0 saturated heterocycles. The van der Waals surface area contributed by atoms with E-state index < -0.39 is 0 Å². The van der Waals surface area contributed by atoms with Gasteiger partial charge in [-0.2, -0.15) is 0 Å². The summed E-state index contributed by atoms with van der Waals surface area (Å²) in [6, 6.07) is 0. The van der Waals surface area contributed by atoms with Crippen molar-refractivity contribution in [3.8, 4) is 0 Å². The minimum absolute atomic E-state index is 0.135. The van der Waals surface area contributed by atoms with E-state index in [0.717, 1.165) is 6.42 Å². The molecule has 0 aromatic carbocycles. The van der Waals surface area contributed by atoms with Crippen molar-refractivity contribution in [1.29, 1.82) is 0 Å². The fourth-order valence-corrected chi connectivity index (χ4v) is 0.999. The van der Waals surface area contributed by atoms with Gasteiger partial charge in [-0.25, -0.2) is 0 Å². The van der Waals surface area contributed by atoms with E-state index in [2.05, 4.69) is 5.73 Å². The van der Waals surface area contributed by atoms with E-state index >= 15 is 0 Å². The third-order valence-corrected chi connectivity index (χ3v) is 1.70. The van der Waals surface area contributed by atoms with Crippen LogP contribution in [0.25, 0.3) is 0 Å². The van der Waals surface area contributed by atoms with Crippen molar-refractivity contribution in [3.63, 3.8) is 0 Å². The average Bonchev–Trinajstić information content (AvgIpc) is 2.52. The summed E-state index contributed by atoms with van der Waals surface area (Å²) in [5.41, 5.74) is 3.53. The molecule has 0 aromatic heterocycles. The van der Waals surface area contributed by atoms with Crippen molar-refractivity contribution in [2.24, 2.45) is 0 Å². The molecule has 0 N–H and O–H groups in total. The summed E-state index contributed by atoms with van der Waals surface area (Å²) in [7, 11) is 0. The van der Waals surface area contributed by atoms with Crippen molar-refractivity contribution < 1.29 is 4.79 Å². The van der Waals surface area contributed by atoms with Gasteiger partial charge in [0, 0.05) is 12.3 Å². The molecule has 0 aliphatic heterocycles. The van der Waals surface area contributed by atoms with E-state index in [1.54, 1.807) is 12.2 Å². The van der Waals surface area contributed by atoms with Gasteiger partial charge in [0.15, 0.2) is 5.78 Å². The number of carbonyl (C=O) groups excluding carboxylic acids is 1. The molecular weight excluding hydrogens is 160 g/mol. The van der Waals surface area contributed by atoms with Crippen molar-refractivity contribution in [2.75, 3.05) is 5.88 Å². The quantitative estimate of drug-likeness (QED) is 0.465. The van der Waals surface area contributed by atoms with Crippen LogP contribution in [0.4, 0.5) is 0 Å². The maximum atomic E-state index is 11.2. The van der Waals surface area contributed by atoms with Crippen LogP contribution in [-0.2, 0) is 4.79 Å². The Labute approximate surface area is 71.0 Å². The number of alkyl halides is 1. The highest BCUT2D eigenvalue weighted by atomic mass is 35.5. The molecule has 0 amide bonds. The van der Waals surface area contributed by atoms with Gasteiger partial charge in [0.25, 0.3) is 0 Å². The van der Waals surface area contributed by atoms with Crippen LogP contribution in [0.1, 0.15) is 12.8 Å². The monoisotopic (exact) mass is 168 g/mol. The van der Waals surface area contributed by atoms with E-state index in [1.165, 1.54) is 0 Å². The van der Waals surface area contributed by atoms with Crippen LogP contribution in [0.15, 0.2) is 29.5 Å². The molecule has 0 atom stereocenters. The number of Topliss-reactive ketones (excluding diaryl/α,β-unsaturated/α-hetero) is 1. The third kappa shape index (κ3) is 2.38. The van der Waals surface area contributed by atoms with Gasteiger partial charge in [0.05, 0.1) is 5.57 Å². The van der Waals surface area contributed by atoms with E-state index in [9.17, 15) is 4.79 Å². The Morgan fingerprint density at radius 1 is 1.64 bits per heavy atom. The molecule has 0 heterocycles. The highest BCUT2D eigenvalue weighted by molar-refractivity contribution is 6.18. The van der Waals surface area contributed by atoms with Gasteiger partial charge in [0.2, 0.25) is 0 Å². The second-order valence-electron chi connectivity index (χ2n) is 2.30. The SMILES string of the molecule is O=C(CCCCl)C1=C=CC=C1. The fraction of sp³-hybridized carbons (Fsp3) is 0.333. The van der Waals surface area contributed by atoms with Crippen LogP contribution >= 0.6 is 11.6 Å². The van der Waals surface area contributed by atoms with Gasteiger partial charge in [-0.05, 0) is 18.6 Å². The Morgan fingerprint density at radius 2 is 2.45 bits per heavy atom. The number of allylic oxidation sites excluding steroid dienone is 3. The maximum absolute atomic E-state index is 11.2. The molecule has 1 aliphatic rings. The van der Waals surface area contributed by atoms with Crippen LogP contribution in [0.3, 0.4) is 0 Å². The van der Waals surface area contributed by atoms with Crippen LogP contribution in [-0.4, -0.2) is 11.7 Å². The molecule has 58 valence electrons. The molecule has 1 nitrogen and oxygen atoms in total. The molecule has 0 saturated carbocycles. The summed E-state index contributed by atoms with van der Waals surface area (Å²) in [6.07, 6.45) is 6.61. The number of hydrogen-bond donors (Lipinski definition) is 0. The second-order valence-corrected chi connectivity index (χ2v) is 2.68.